The first-order valence-corrected chi connectivity index (χ1v) is 9.36. The molecule has 0 atom stereocenters. The highest BCUT2D eigenvalue weighted by Gasteiger charge is 2.24. The van der Waals surface area contributed by atoms with Gasteiger partial charge in [0.2, 0.25) is 0 Å². The summed E-state index contributed by atoms with van der Waals surface area (Å²) in [6.07, 6.45) is 3.71. The summed E-state index contributed by atoms with van der Waals surface area (Å²) in [6.45, 7) is 8.13. The van der Waals surface area contributed by atoms with Gasteiger partial charge in [-0.05, 0) is 50.8 Å². The standard InChI is InChI=1S/C21H29FN2O2/c1-4-6-11-18-20(16-9-7-10-17(22)14-16)19(21(23)25)15(3)24(18)12-8-13-26-5-2/h7,9-10,14H,4-6,8,11-13H2,1-3H3,(H2,23,25). The van der Waals surface area contributed by atoms with Gasteiger partial charge in [0, 0.05) is 36.7 Å². The molecule has 1 amide bonds. The molecule has 0 bridgehead atoms. The largest absolute Gasteiger partial charge is 0.382 e. The average molecular weight is 360 g/mol. The van der Waals surface area contributed by atoms with Crippen molar-refractivity contribution in [1.82, 2.24) is 4.57 Å². The number of rotatable bonds is 10. The summed E-state index contributed by atoms with van der Waals surface area (Å²) in [6, 6.07) is 6.39. The lowest BCUT2D eigenvalue weighted by atomic mass is 9.97. The molecule has 1 heterocycles. The first-order chi connectivity index (χ1) is 12.5. The molecule has 0 aliphatic rings. The van der Waals surface area contributed by atoms with Gasteiger partial charge in [-0.15, -0.1) is 0 Å². The first kappa shape index (κ1) is 20.2. The number of hydrogen-bond donors (Lipinski definition) is 1. The van der Waals surface area contributed by atoms with Gasteiger partial charge in [0.25, 0.3) is 5.91 Å². The van der Waals surface area contributed by atoms with Crippen LogP contribution in [0, 0.1) is 12.7 Å². The van der Waals surface area contributed by atoms with Crippen LogP contribution in [-0.2, 0) is 17.7 Å². The Morgan fingerprint density at radius 1 is 1.27 bits per heavy atom. The van der Waals surface area contributed by atoms with Crippen LogP contribution in [0.5, 0.6) is 0 Å². The minimum atomic E-state index is -0.469. The molecule has 0 aliphatic heterocycles. The normalized spacial score (nSPS) is 11.1. The van der Waals surface area contributed by atoms with Crippen LogP contribution in [-0.4, -0.2) is 23.7 Å². The van der Waals surface area contributed by atoms with Gasteiger partial charge in [-0.25, -0.2) is 4.39 Å². The lowest BCUT2D eigenvalue weighted by Crippen LogP contribution is -2.14. The summed E-state index contributed by atoms with van der Waals surface area (Å²) >= 11 is 0. The molecule has 0 fully saturated rings. The van der Waals surface area contributed by atoms with Crippen LogP contribution in [0.4, 0.5) is 4.39 Å². The van der Waals surface area contributed by atoms with Crippen LogP contribution in [0.25, 0.3) is 11.1 Å². The molecule has 2 rings (SSSR count). The highest BCUT2D eigenvalue weighted by Crippen LogP contribution is 2.34. The first-order valence-electron chi connectivity index (χ1n) is 9.36. The number of carbonyl (C=O) groups excluding carboxylic acids is 1. The van der Waals surface area contributed by atoms with Crippen molar-refractivity contribution in [3.05, 3.63) is 47.0 Å². The van der Waals surface area contributed by atoms with E-state index in [1.807, 2.05) is 19.9 Å². The Balaban J connectivity index is 2.56. The molecule has 5 heteroatoms. The number of benzene rings is 1. The van der Waals surface area contributed by atoms with E-state index in [-0.39, 0.29) is 5.82 Å². The number of ether oxygens (including phenoxy) is 1. The van der Waals surface area contributed by atoms with Crippen LogP contribution < -0.4 is 5.73 Å². The van der Waals surface area contributed by atoms with Crippen molar-refractivity contribution in [2.75, 3.05) is 13.2 Å². The third kappa shape index (κ3) is 4.52. The summed E-state index contributed by atoms with van der Waals surface area (Å²) in [4.78, 5) is 12.2. The van der Waals surface area contributed by atoms with Crippen molar-refractivity contribution < 1.29 is 13.9 Å². The number of primary amides is 1. The van der Waals surface area contributed by atoms with E-state index in [4.69, 9.17) is 10.5 Å². The van der Waals surface area contributed by atoms with E-state index in [0.29, 0.717) is 24.3 Å². The van der Waals surface area contributed by atoms with Gasteiger partial charge < -0.3 is 15.0 Å². The second-order valence-electron chi connectivity index (χ2n) is 6.46. The molecule has 1 aromatic carbocycles. The molecular formula is C21H29FN2O2. The van der Waals surface area contributed by atoms with Crippen molar-refractivity contribution >= 4 is 5.91 Å². The molecule has 2 N–H and O–H groups in total. The van der Waals surface area contributed by atoms with Gasteiger partial charge in [0.05, 0.1) is 5.56 Å². The lowest BCUT2D eigenvalue weighted by molar-refractivity contribution is 0.1000. The van der Waals surface area contributed by atoms with E-state index in [1.54, 1.807) is 6.07 Å². The van der Waals surface area contributed by atoms with Crippen molar-refractivity contribution in [2.45, 2.75) is 53.0 Å². The Hall–Kier alpha value is -2.14. The van der Waals surface area contributed by atoms with E-state index in [0.717, 1.165) is 49.2 Å². The summed E-state index contributed by atoms with van der Waals surface area (Å²) in [5.74, 6) is -0.788. The van der Waals surface area contributed by atoms with Crippen molar-refractivity contribution in [3.63, 3.8) is 0 Å². The van der Waals surface area contributed by atoms with Crippen molar-refractivity contribution in [1.29, 1.82) is 0 Å². The number of nitrogens with two attached hydrogens (primary N) is 1. The van der Waals surface area contributed by atoms with Gasteiger partial charge in [0.15, 0.2) is 0 Å². The molecule has 0 saturated carbocycles. The van der Waals surface area contributed by atoms with Crippen molar-refractivity contribution in [3.8, 4) is 11.1 Å². The Morgan fingerprint density at radius 2 is 2.04 bits per heavy atom. The Bertz CT molecular complexity index is 753. The number of unbranched alkanes of at least 4 members (excludes halogenated alkanes) is 1. The number of amides is 1. The fourth-order valence-electron chi connectivity index (χ4n) is 3.43. The fraction of sp³-hybridized carbons (Fsp3) is 0.476. The van der Waals surface area contributed by atoms with E-state index < -0.39 is 5.91 Å². The Kier molecular flexibility index (Phi) is 7.39. The Labute approximate surface area is 155 Å². The zero-order chi connectivity index (χ0) is 19.1. The van der Waals surface area contributed by atoms with Gasteiger partial charge >= 0.3 is 0 Å². The van der Waals surface area contributed by atoms with Crippen LogP contribution in [0.2, 0.25) is 0 Å². The molecule has 0 spiro atoms. The summed E-state index contributed by atoms with van der Waals surface area (Å²) in [5, 5.41) is 0. The third-order valence-corrected chi connectivity index (χ3v) is 4.63. The summed E-state index contributed by atoms with van der Waals surface area (Å²) in [7, 11) is 0. The molecule has 0 saturated heterocycles. The topological polar surface area (TPSA) is 57.2 Å². The van der Waals surface area contributed by atoms with Crippen molar-refractivity contribution in [2.24, 2.45) is 5.73 Å². The van der Waals surface area contributed by atoms with Gasteiger partial charge in [0.1, 0.15) is 5.82 Å². The summed E-state index contributed by atoms with van der Waals surface area (Å²) < 4.78 is 21.4. The van der Waals surface area contributed by atoms with E-state index in [1.165, 1.54) is 12.1 Å². The lowest BCUT2D eigenvalue weighted by Gasteiger charge is -2.13. The second-order valence-corrected chi connectivity index (χ2v) is 6.46. The van der Waals surface area contributed by atoms with E-state index in [2.05, 4.69) is 11.5 Å². The molecule has 26 heavy (non-hydrogen) atoms. The van der Waals surface area contributed by atoms with Crippen LogP contribution >= 0.6 is 0 Å². The maximum Gasteiger partial charge on any atom is 0.251 e. The van der Waals surface area contributed by atoms with Crippen LogP contribution in [0.1, 0.15) is 54.9 Å². The molecule has 0 unspecified atom stereocenters. The highest BCUT2D eigenvalue weighted by molar-refractivity contribution is 6.02. The molecule has 2 aromatic rings. The fourth-order valence-corrected chi connectivity index (χ4v) is 3.43. The van der Waals surface area contributed by atoms with Gasteiger partial charge in [-0.1, -0.05) is 25.5 Å². The molecule has 142 valence electrons. The zero-order valence-electron chi connectivity index (χ0n) is 16.0. The minimum absolute atomic E-state index is 0.318. The van der Waals surface area contributed by atoms with Crippen LogP contribution in [0.15, 0.2) is 24.3 Å². The molecule has 4 nitrogen and oxygen atoms in total. The average Bonchev–Trinajstić information content (AvgIpc) is 2.89. The minimum Gasteiger partial charge on any atom is -0.382 e. The smallest absolute Gasteiger partial charge is 0.251 e. The van der Waals surface area contributed by atoms with Crippen LogP contribution in [0.3, 0.4) is 0 Å². The number of hydrogen-bond acceptors (Lipinski definition) is 2. The Morgan fingerprint density at radius 3 is 2.65 bits per heavy atom. The monoisotopic (exact) mass is 360 g/mol. The molecule has 0 radical (unpaired) electrons. The molecule has 0 aliphatic carbocycles. The maximum absolute atomic E-state index is 13.8. The number of nitrogens with zero attached hydrogens (tertiary/aromatic N) is 1. The number of aromatic nitrogens is 1. The third-order valence-electron chi connectivity index (χ3n) is 4.63. The van der Waals surface area contributed by atoms with Gasteiger partial charge in [-0.2, -0.15) is 0 Å². The summed E-state index contributed by atoms with van der Waals surface area (Å²) in [5.41, 5.74) is 9.59. The predicted octanol–water partition coefficient (Wildman–Crippen LogP) is 4.47. The predicted molar refractivity (Wildman–Crippen MR) is 103 cm³/mol. The number of carbonyl (C=O) groups is 1. The number of halogens is 1. The molecule has 1 aromatic heterocycles. The second kappa shape index (κ2) is 9.53. The van der Waals surface area contributed by atoms with E-state index >= 15 is 0 Å². The zero-order valence-corrected chi connectivity index (χ0v) is 16.0. The quantitative estimate of drug-likeness (QED) is 0.636. The molecular weight excluding hydrogens is 331 g/mol. The van der Waals surface area contributed by atoms with Gasteiger partial charge in [-0.3, -0.25) is 4.79 Å². The SMILES string of the molecule is CCCCc1c(-c2cccc(F)c2)c(C(N)=O)c(C)n1CCCOCC. The highest BCUT2D eigenvalue weighted by atomic mass is 19.1. The van der Waals surface area contributed by atoms with E-state index in [9.17, 15) is 9.18 Å². The maximum atomic E-state index is 13.8.